The number of rotatable bonds is 5. The molecule has 176 valence electrons. The van der Waals surface area contributed by atoms with Crippen LogP contribution >= 0.6 is 8.25 Å². The Morgan fingerprint density at radius 3 is 2.69 bits per heavy atom. The van der Waals surface area contributed by atoms with Gasteiger partial charge in [-0.2, -0.15) is 0 Å². The van der Waals surface area contributed by atoms with Gasteiger partial charge < -0.3 is 28.6 Å². The first-order valence-electron chi connectivity index (χ1n) is 11.6. The molecule has 4 aliphatic heterocycles. The van der Waals surface area contributed by atoms with Gasteiger partial charge in [-0.25, -0.2) is 4.79 Å². The molecule has 0 aromatic carbocycles. The molecule has 2 spiro atoms. The lowest BCUT2D eigenvalue weighted by atomic mass is 9.46. The Balaban J connectivity index is 1.32. The molecule has 32 heavy (non-hydrogen) atoms. The van der Waals surface area contributed by atoms with Gasteiger partial charge in [0.15, 0.2) is 11.9 Å². The van der Waals surface area contributed by atoms with E-state index < -0.39 is 37.5 Å². The molecule has 5 fully saturated rings. The first-order valence-corrected chi connectivity index (χ1v) is 12.9. The highest BCUT2D eigenvalue weighted by atomic mass is 31.1. The van der Waals surface area contributed by atoms with E-state index in [0.717, 1.165) is 24.0 Å². The number of fused-ring (bicyclic) bond motifs is 4. The van der Waals surface area contributed by atoms with Gasteiger partial charge in [-0.3, -0.25) is 9.09 Å². The normalized spacial score (nSPS) is 55.6. The number of hydrogen-bond donors (Lipinski definition) is 1. The quantitative estimate of drug-likeness (QED) is 0.279. The number of hydrogen-bond acceptors (Lipinski definition) is 8. The standard InChI is InChI=1S/C22H29O9P/c1-9(2)20-15(29-20)16-22(30-16)19(4)6-5-11-12(8-26-17(11)23)13(19)7-14-21(22,28-14)18(20)27-10(3)31-32(24)25/h9-10,13-16,18,32H,5-8H2,1-4H3,(H,24,25)/t10?,13-,14?,15-,16-,18+,19-,20-,21+,22+/m0/s1. The fourth-order valence-corrected chi connectivity index (χ4v) is 8.57. The molecular formula is C22H29O9P. The van der Waals surface area contributed by atoms with E-state index in [2.05, 4.69) is 20.8 Å². The second kappa shape index (κ2) is 5.88. The van der Waals surface area contributed by atoms with Crippen molar-refractivity contribution in [2.24, 2.45) is 17.3 Å². The van der Waals surface area contributed by atoms with Crippen LogP contribution in [0, 0.1) is 17.3 Å². The van der Waals surface area contributed by atoms with E-state index in [1.165, 1.54) is 0 Å². The number of ether oxygens (including phenoxy) is 5. The summed E-state index contributed by atoms with van der Waals surface area (Å²) in [4.78, 5) is 21.5. The highest BCUT2D eigenvalue weighted by Gasteiger charge is 3.00. The third-order valence-corrected chi connectivity index (χ3v) is 10.2. The lowest BCUT2D eigenvalue weighted by molar-refractivity contribution is -0.187. The molecule has 2 saturated carbocycles. The minimum absolute atomic E-state index is 0.0871. The molecule has 9 nitrogen and oxygen atoms in total. The van der Waals surface area contributed by atoms with Gasteiger partial charge in [-0.15, -0.1) is 0 Å². The van der Waals surface area contributed by atoms with Crippen molar-refractivity contribution in [2.75, 3.05) is 6.61 Å². The zero-order valence-corrected chi connectivity index (χ0v) is 19.6. The lowest BCUT2D eigenvalue weighted by Gasteiger charge is -2.54. The molecule has 11 atom stereocenters. The van der Waals surface area contributed by atoms with Crippen LogP contribution in [0.4, 0.5) is 0 Å². The Labute approximate surface area is 186 Å². The summed E-state index contributed by atoms with van der Waals surface area (Å²) in [6.45, 7) is 8.47. The summed E-state index contributed by atoms with van der Waals surface area (Å²) in [6, 6.07) is 0. The van der Waals surface area contributed by atoms with E-state index in [0.29, 0.717) is 13.0 Å². The highest BCUT2D eigenvalue weighted by molar-refractivity contribution is 7.32. The second-order valence-electron chi connectivity index (χ2n) is 11.0. The predicted octanol–water partition coefficient (Wildman–Crippen LogP) is 1.87. The van der Waals surface area contributed by atoms with Crippen molar-refractivity contribution in [1.29, 1.82) is 0 Å². The minimum atomic E-state index is -3.15. The SMILES string of the molecule is CC(O[C@@H]1[C@@]2(C(C)C)O[C@H]2[C@@H]2O[C@@]23[C@@]2(C)CCC4=C(COC4=O)[C@@H]2CC2O[C@]213)O[PH](=O)O. The Kier molecular flexibility index (Phi) is 3.78. The Hall–Kier alpha value is -0.800. The molecule has 0 aromatic heterocycles. The van der Waals surface area contributed by atoms with Gasteiger partial charge in [0.1, 0.15) is 36.1 Å². The first-order chi connectivity index (χ1) is 15.1. The Bertz CT molecular complexity index is 996. The summed E-state index contributed by atoms with van der Waals surface area (Å²) < 4.78 is 47.8. The van der Waals surface area contributed by atoms with E-state index >= 15 is 0 Å². The molecule has 10 heteroatoms. The van der Waals surface area contributed by atoms with Crippen molar-refractivity contribution in [2.45, 2.75) is 94.5 Å². The van der Waals surface area contributed by atoms with Gasteiger partial charge >= 0.3 is 14.2 Å². The number of carbonyl (C=O) groups is 1. The van der Waals surface area contributed by atoms with Crippen LogP contribution < -0.4 is 0 Å². The summed E-state index contributed by atoms with van der Waals surface area (Å²) >= 11 is 0. The summed E-state index contributed by atoms with van der Waals surface area (Å²) in [7, 11) is -3.15. The molecular weight excluding hydrogens is 439 g/mol. The van der Waals surface area contributed by atoms with Crippen LogP contribution in [0.1, 0.15) is 47.0 Å². The van der Waals surface area contributed by atoms with E-state index in [1.807, 2.05) is 0 Å². The molecule has 0 bridgehead atoms. The molecule has 3 unspecified atom stereocenters. The van der Waals surface area contributed by atoms with Crippen LogP contribution in [0.5, 0.6) is 0 Å². The van der Waals surface area contributed by atoms with Crippen LogP contribution in [0.25, 0.3) is 0 Å². The molecule has 7 aliphatic rings. The van der Waals surface area contributed by atoms with Gasteiger partial charge in [-0.1, -0.05) is 20.8 Å². The molecule has 1 N–H and O–H groups in total. The maximum Gasteiger partial charge on any atom is 0.334 e. The fourth-order valence-electron chi connectivity index (χ4n) is 8.23. The van der Waals surface area contributed by atoms with Gasteiger partial charge in [0.2, 0.25) is 0 Å². The molecule has 7 rings (SSSR count). The Morgan fingerprint density at radius 2 is 1.97 bits per heavy atom. The van der Waals surface area contributed by atoms with Crippen molar-refractivity contribution >= 4 is 14.2 Å². The maximum atomic E-state index is 12.2. The highest BCUT2D eigenvalue weighted by Crippen LogP contribution is 2.83. The number of cyclic esters (lactones) is 1. The zero-order chi connectivity index (χ0) is 22.4. The van der Waals surface area contributed by atoms with E-state index in [9.17, 15) is 14.3 Å². The minimum Gasteiger partial charge on any atom is -0.458 e. The van der Waals surface area contributed by atoms with Gasteiger partial charge in [0, 0.05) is 11.0 Å². The number of epoxide rings is 3. The summed E-state index contributed by atoms with van der Waals surface area (Å²) in [5.41, 5.74) is -0.134. The summed E-state index contributed by atoms with van der Waals surface area (Å²) in [5.74, 6) is 0.113. The average molecular weight is 468 g/mol. The number of esters is 1. The monoisotopic (exact) mass is 468 g/mol. The van der Waals surface area contributed by atoms with Crippen molar-refractivity contribution < 1.29 is 42.5 Å². The van der Waals surface area contributed by atoms with E-state index in [4.69, 9.17) is 28.2 Å². The van der Waals surface area contributed by atoms with Crippen molar-refractivity contribution in [1.82, 2.24) is 0 Å². The van der Waals surface area contributed by atoms with Gasteiger partial charge in [-0.05, 0) is 43.6 Å². The van der Waals surface area contributed by atoms with Crippen LogP contribution in [-0.4, -0.2) is 65.0 Å². The first kappa shape index (κ1) is 20.6. The molecule has 3 saturated heterocycles. The van der Waals surface area contributed by atoms with E-state index in [-0.39, 0.29) is 41.5 Å². The second-order valence-corrected chi connectivity index (χ2v) is 11.7. The largest absolute Gasteiger partial charge is 0.458 e. The third-order valence-electron chi connectivity index (χ3n) is 9.66. The van der Waals surface area contributed by atoms with Crippen LogP contribution in [0.2, 0.25) is 0 Å². The Morgan fingerprint density at radius 1 is 1.19 bits per heavy atom. The molecule has 4 heterocycles. The third kappa shape index (κ3) is 2.02. The predicted molar refractivity (Wildman–Crippen MR) is 108 cm³/mol. The van der Waals surface area contributed by atoms with Gasteiger partial charge in [0.05, 0.1) is 6.10 Å². The van der Waals surface area contributed by atoms with Gasteiger partial charge in [0.25, 0.3) is 0 Å². The van der Waals surface area contributed by atoms with Crippen molar-refractivity contribution in [3.63, 3.8) is 0 Å². The van der Waals surface area contributed by atoms with E-state index in [1.54, 1.807) is 6.92 Å². The van der Waals surface area contributed by atoms with Crippen LogP contribution in [0.15, 0.2) is 11.1 Å². The van der Waals surface area contributed by atoms with Crippen molar-refractivity contribution in [3.8, 4) is 0 Å². The van der Waals surface area contributed by atoms with Crippen LogP contribution in [-0.2, 0) is 37.6 Å². The molecule has 0 radical (unpaired) electrons. The average Bonchev–Trinajstić information content (AvgIpc) is 3.60. The fraction of sp³-hybridized carbons (Fsp3) is 0.864. The molecule has 0 aromatic rings. The topological polar surface area (TPSA) is 120 Å². The van der Waals surface area contributed by atoms with Crippen LogP contribution in [0.3, 0.4) is 0 Å². The number of carbonyl (C=O) groups excluding carboxylic acids is 1. The summed E-state index contributed by atoms with van der Waals surface area (Å²) in [5, 5.41) is 0. The lowest BCUT2D eigenvalue weighted by Crippen LogP contribution is -2.70. The molecule has 3 aliphatic carbocycles. The maximum absolute atomic E-state index is 12.2. The molecule has 0 amide bonds. The zero-order valence-electron chi connectivity index (χ0n) is 18.6. The summed E-state index contributed by atoms with van der Waals surface area (Å²) in [6.07, 6.45) is 0.601. The van der Waals surface area contributed by atoms with Crippen molar-refractivity contribution in [3.05, 3.63) is 11.1 Å². The smallest absolute Gasteiger partial charge is 0.334 e.